The van der Waals surface area contributed by atoms with Crippen molar-refractivity contribution in [3.8, 4) is 0 Å². The smallest absolute Gasteiger partial charge is 0.273 e. The molecule has 1 aliphatic rings. The Labute approximate surface area is 134 Å². The van der Waals surface area contributed by atoms with Crippen LogP contribution in [0.3, 0.4) is 0 Å². The predicted molar refractivity (Wildman–Crippen MR) is 86.9 cm³/mol. The molecular weight excluding hydrogens is 328 g/mol. The first-order valence-electron chi connectivity index (χ1n) is 5.93. The van der Waals surface area contributed by atoms with Crippen molar-refractivity contribution in [3.63, 3.8) is 0 Å². The Morgan fingerprint density at radius 3 is 2.76 bits per heavy atom. The van der Waals surface area contributed by atoms with Crippen LogP contribution in [0.4, 0.5) is 5.13 Å². The lowest BCUT2D eigenvalue weighted by Gasteiger charge is -2.08. The van der Waals surface area contributed by atoms with E-state index < -0.39 is 0 Å². The van der Waals surface area contributed by atoms with Gasteiger partial charge in [-0.2, -0.15) is 0 Å². The van der Waals surface area contributed by atoms with Crippen LogP contribution < -0.4 is 4.90 Å². The maximum Gasteiger partial charge on any atom is 0.273 e. The number of thioether (sulfide) groups is 1. The number of anilines is 1. The first kappa shape index (κ1) is 14.2. The van der Waals surface area contributed by atoms with Gasteiger partial charge in [-0.15, -0.1) is 10.2 Å². The zero-order valence-electron chi connectivity index (χ0n) is 10.8. The zero-order valence-corrected chi connectivity index (χ0v) is 13.2. The Kier molecular flexibility index (Phi) is 3.79. The Balaban J connectivity index is 1.96. The van der Waals surface area contributed by atoms with Gasteiger partial charge in [-0.1, -0.05) is 41.1 Å². The summed E-state index contributed by atoms with van der Waals surface area (Å²) in [5.41, 5.74) is 0.748. The van der Waals surface area contributed by atoms with Gasteiger partial charge in [0.25, 0.3) is 5.91 Å². The summed E-state index contributed by atoms with van der Waals surface area (Å²) < 4.78 is 0. The Hall–Kier alpha value is -1.70. The summed E-state index contributed by atoms with van der Waals surface area (Å²) in [7, 11) is 0. The molecule has 0 radical (unpaired) electrons. The summed E-state index contributed by atoms with van der Waals surface area (Å²) in [6.45, 7) is 1.80. The molecule has 5 nitrogen and oxygen atoms in total. The Morgan fingerprint density at radius 1 is 1.33 bits per heavy atom. The molecular formula is C13H9ClN4OS2. The van der Waals surface area contributed by atoms with Gasteiger partial charge in [-0.25, -0.2) is 4.90 Å². The molecule has 0 unspecified atom stereocenters. The molecule has 8 heteroatoms. The van der Waals surface area contributed by atoms with Gasteiger partial charge in [0, 0.05) is 5.02 Å². The van der Waals surface area contributed by atoms with E-state index >= 15 is 0 Å². The highest BCUT2D eigenvalue weighted by molar-refractivity contribution is 8.19. The number of hydrogen-bond donors (Lipinski definition) is 1. The van der Waals surface area contributed by atoms with E-state index in [4.69, 9.17) is 17.0 Å². The summed E-state index contributed by atoms with van der Waals surface area (Å²) in [5.74, 6) is -0.277. The molecule has 0 spiro atoms. The second kappa shape index (κ2) is 5.59. The van der Waals surface area contributed by atoms with Gasteiger partial charge in [0.05, 0.1) is 4.91 Å². The normalized spacial score (nSPS) is 17.0. The van der Waals surface area contributed by atoms with Crippen LogP contribution in [0, 0.1) is 12.3 Å². The minimum absolute atomic E-state index is 0.120. The van der Waals surface area contributed by atoms with Crippen LogP contribution in [0.15, 0.2) is 29.2 Å². The zero-order chi connectivity index (χ0) is 15.0. The van der Waals surface area contributed by atoms with E-state index in [2.05, 4.69) is 10.2 Å². The average Bonchev–Trinajstić information content (AvgIpc) is 2.97. The summed E-state index contributed by atoms with van der Waals surface area (Å²) in [5, 5.41) is 17.6. The number of nitrogens with zero attached hydrogens (tertiary/aromatic N) is 3. The van der Waals surface area contributed by atoms with Crippen LogP contribution in [0.5, 0.6) is 0 Å². The Morgan fingerprint density at radius 2 is 2.10 bits per heavy atom. The fraction of sp³-hybridized carbons (Fsp3) is 0.0769. The highest BCUT2D eigenvalue weighted by Gasteiger charge is 2.35. The lowest BCUT2D eigenvalue weighted by molar-refractivity contribution is -0.113. The third-order valence-corrected chi connectivity index (χ3v) is 4.78. The minimum Gasteiger partial charge on any atom is -0.278 e. The second-order valence-electron chi connectivity index (χ2n) is 4.18. The third-order valence-electron chi connectivity index (χ3n) is 2.72. The van der Waals surface area contributed by atoms with Crippen LogP contribution >= 0.6 is 34.7 Å². The predicted octanol–water partition coefficient (Wildman–Crippen LogP) is 3.56. The molecule has 1 fully saturated rings. The van der Waals surface area contributed by atoms with Crippen molar-refractivity contribution in [1.29, 1.82) is 5.41 Å². The molecule has 2 heterocycles. The number of carbonyl (C=O) groups excluding carboxylic acids is 1. The highest BCUT2D eigenvalue weighted by atomic mass is 35.5. The van der Waals surface area contributed by atoms with Crippen LogP contribution in [-0.4, -0.2) is 21.3 Å². The monoisotopic (exact) mass is 336 g/mol. The highest BCUT2D eigenvalue weighted by Crippen LogP contribution is 2.36. The molecule has 21 heavy (non-hydrogen) atoms. The van der Waals surface area contributed by atoms with Gasteiger partial charge >= 0.3 is 0 Å². The molecule has 1 saturated heterocycles. The van der Waals surface area contributed by atoms with E-state index in [0.29, 0.717) is 15.1 Å². The van der Waals surface area contributed by atoms with E-state index in [1.165, 1.54) is 16.2 Å². The van der Waals surface area contributed by atoms with Gasteiger partial charge < -0.3 is 0 Å². The maximum atomic E-state index is 12.4. The number of nitrogens with one attached hydrogen (secondary N) is 1. The molecule has 0 bridgehead atoms. The molecule has 3 rings (SSSR count). The molecule has 0 saturated carbocycles. The molecule has 1 amide bonds. The average molecular weight is 337 g/mol. The number of aromatic nitrogens is 2. The van der Waals surface area contributed by atoms with Crippen molar-refractivity contribution < 1.29 is 4.79 Å². The summed E-state index contributed by atoms with van der Waals surface area (Å²) in [6.07, 6.45) is 1.69. The van der Waals surface area contributed by atoms with Crippen molar-refractivity contribution in [2.24, 2.45) is 0 Å². The van der Waals surface area contributed by atoms with Gasteiger partial charge in [0.1, 0.15) is 5.01 Å². The maximum absolute atomic E-state index is 12.4. The van der Waals surface area contributed by atoms with Crippen molar-refractivity contribution in [3.05, 3.63) is 44.8 Å². The molecule has 0 aliphatic carbocycles. The fourth-order valence-corrected chi connectivity index (χ4v) is 3.55. The van der Waals surface area contributed by atoms with Crippen LogP contribution in [-0.2, 0) is 4.79 Å². The van der Waals surface area contributed by atoms with Crippen molar-refractivity contribution in [1.82, 2.24) is 10.2 Å². The van der Waals surface area contributed by atoms with Gasteiger partial charge in [-0.05, 0) is 36.4 Å². The van der Waals surface area contributed by atoms with Crippen LogP contribution in [0.2, 0.25) is 5.02 Å². The summed E-state index contributed by atoms with van der Waals surface area (Å²) in [6, 6.07) is 7.26. The van der Waals surface area contributed by atoms with Gasteiger partial charge in [-0.3, -0.25) is 10.2 Å². The SMILES string of the molecule is Cc1nnc(N2C(=N)S/C(=C\c3ccccc3Cl)C2=O)s1. The number of amidine groups is 1. The third kappa shape index (κ3) is 2.72. The van der Waals surface area contributed by atoms with Crippen LogP contribution in [0.25, 0.3) is 6.08 Å². The molecule has 1 aromatic heterocycles. The largest absolute Gasteiger partial charge is 0.278 e. The second-order valence-corrected chi connectivity index (χ2v) is 6.78. The standard InChI is InChI=1S/C13H9ClN4OS2/c1-7-16-17-13(20-7)18-11(19)10(21-12(18)15)6-8-4-2-3-5-9(8)14/h2-6,15H,1H3/b10-6-,15-12?. The first-order chi connectivity index (χ1) is 10.1. The van der Waals surface area contributed by atoms with Crippen molar-refractivity contribution in [2.75, 3.05) is 4.90 Å². The van der Waals surface area contributed by atoms with E-state index in [1.807, 2.05) is 18.2 Å². The first-order valence-corrected chi connectivity index (χ1v) is 7.94. The van der Waals surface area contributed by atoms with E-state index in [1.54, 1.807) is 19.1 Å². The minimum atomic E-state index is -0.277. The number of benzene rings is 1. The number of halogens is 1. The lowest BCUT2D eigenvalue weighted by atomic mass is 10.2. The topological polar surface area (TPSA) is 69.9 Å². The van der Waals surface area contributed by atoms with Crippen LogP contribution in [0.1, 0.15) is 10.6 Å². The molecule has 1 N–H and O–H groups in total. The van der Waals surface area contributed by atoms with E-state index in [-0.39, 0.29) is 11.1 Å². The number of rotatable bonds is 2. The van der Waals surface area contributed by atoms with E-state index in [0.717, 1.165) is 22.3 Å². The van der Waals surface area contributed by atoms with Gasteiger partial charge in [0.15, 0.2) is 5.17 Å². The number of amides is 1. The molecule has 0 atom stereocenters. The molecule has 106 valence electrons. The number of aryl methyl sites for hydroxylation is 1. The molecule has 1 aromatic carbocycles. The van der Waals surface area contributed by atoms with E-state index in [9.17, 15) is 4.79 Å². The number of hydrogen-bond acceptors (Lipinski definition) is 6. The molecule has 1 aliphatic heterocycles. The van der Waals surface area contributed by atoms with Crippen molar-refractivity contribution in [2.45, 2.75) is 6.92 Å². The van der Waals surface area contributed by atoms with Gasteiger partial charge in [0.2, 0.25) is 5.13 Å². The van der Waals surface area contributed by atoms with Crippen molar-refractivity contribution >= 4 is 57.0 Å². The number of carbonyl (C=O) groups is 1. The summed E-state index contributed by atoms with van der Waals surface area (Å²) in [4.78, 5) is 14.1. The fourth-order valence-electron chi connectivity index (χ4n) is 1.77. The Bertz CT molecular complexity index is 771. The molecule has 2 aromatic rings. The quantitative estimate of drug-likeness (QED) is 0.851. The summed E-state index contributed by atoms with van der Waals surface area (Å²) >= 11 is 8.46. The lowest BCUT2D eigenvalue weighted by Crippen LogP contribution is -2.27.